The molecule has 0 aliphatic carbocycles. The van der Waals surface area contributed by atoms with Crippen LogP contribution in [0.1, 0.15) is 40.7 Å². The molecule has 32 heavy (non-hydrogen) atoms. The fourth-order valence-electron chi connectivity index (χ4n) is 3.87. The molecule has 166 valence electrons. The molecule has 0 bridgehead atoms. The smallest absolute Gasteiger partial charge is 0.255 e. The third-order valence-electron chi connectivity index (χ3n) is 5.60. The lowest BCUT2D eigenvalue weighted by molar-refractivity contribution is -0.137. The van der Waals surface area contributed by atoms with Gasteiger partial charge in [0.1, 0.15) is 17.5 Å². The zero-order valence-corrected chi connectivity index (χ0v) is 17.5. The molecule has 0 aromatic heterocycles. The van der Waals surface area contributed by atoms with Crippen LogP contribution in [0.15, 0.2) is 36.4 Å². The molecule has 0 radical (unpaired) electrons. The summed E-state index contributed by atoms with van der Waals surface area (Å²) in [5.41, 5.74) is 2.23. The van der Waals surface area contributed by atoms with Crippen molar-refractivity contribution in [1.82, 2.24) is 10.2 Å². The van der Waals surface area contributed by atoms with E-state index in [4.69, 9.17) is 4.74 Å². The van der Waals surface area contributed by atoms with Gasteiger partial charge in [-0.2, -0.15) is 0 Å². The second-order valence-corrected chi connectivity index (χ2v) is 7.84. The lowest BCUT2D eigenvalue weighted by atomic mass is 10.0. The van der Waals surface area contributed by atoms with E-state index >= 15 is 0 Å². The molecule has 1 unspecified atom stereocenters. The first kappa shape index (κ1) is 21.4. The molecule has 9 heteroatoms. The number of fused-ring (bicyclic) bond motifs is 1. The molecule has 2 aromatic rings. The van der Waals surface area contributed by atoms with Gasteiger partial charge in [-0.1, -0.05) is 12.1 Å². The number of amides is 4. The highest BCUT2D eigenvalue weighted by Gasteiger charge is 2.39. The van der Waals surface area contributed by atoms with Gasteiger partial charge in [0, 0.05) is 18.5 Å². The topological polar surface area (TPSA) is 125 Å². The van der Waals surface area contributed by atoms with E-state index in [1.54, 1.807) is 43.3 Å². The molecule has 2 heterocycles. The SMILES string of the molecule is Cc1cccc(NC(=O)CCOc2ccc3c(c2)CN(C2CCC(=O)NC2=O)C3=O)c1O. The Kier molecular flexibility index (Phi) is 5.81. The number of hydrogen-bond acceptors (Lipinski definition) is 6. The van der Waals surface area contributed by atoms with E-state index in [-0.39, 0.29) is 49.5 Å². The summed E-state index contributed by atoms with van der Waals surface area (Å²) in [6.45, 7) is 2.11. The van der Waals surface area contributed by atoms with E-state index in [0.29, 0.717) is 29.0 Å². The molecule has 0 spiro atoms. The first-order chi connectivity index (χ1) is 15.3. The van der Waals surface area contributed by atoms with Gasteiger partial charge in [0.15, 0.2) is 0 Å². The maximum absolute atomic E-state index is 12.7. The van der Waals surface area contributed by atoms with Gasteiger partial charge in [0.2, 0.25) is 17.7 Å². The number of nitrogens with one attached hydrogen (secondary N) is 2. The number of hydrogen-bond donors (Lipinski definition) is 3. The van der Waals surface area contributed by atoms with E-state index in [1.807, 2.05) is 0 Å². The standard InChI is InChI=1S/C23H23N3O6/c1-13-3-2-4-17(21(13)29)24-20(28)9-10-32-15-5-6-16-14(11-15)12-26(23(16)31)18-7-8-19(27)25-22(18)30/h2-6,11,18,29H,7-10,12H2,1H3,(H,24,28)(H,25,27,30). The number of nitrogens with zero attached hydrogens (tertiary/aromatic N) is 1. The second-order valence-electron chi connectivity index (χ2n) is 7.84. The van der Waals surface area contributed by atoms with Crippen molar-refractivity contribution in [1.29, 1.82) is 0 Å². The molecule has 1 fully saturated rings. The molecular weight excluding hydrogens is 414 g/mol. The fourth-order valence-corrected chi connectivity index (χ4v) is 3.87. The van der Waals surface area contributed by atoms with Gasteiger partial charge in [-0.15, -0.1) is 0 Å². The molecule has 2 aliphatic rings. The number of imide groups is 1. The number of para-hydroxylation sites is 1. The number of carbonyl (C=O) groups is 4. The molecule has 1 saturated heterocycles. The fraction of sp³-hybridized carbons (Fsp3) is 0.304. The van der Waals surface area contributed by atoms with E-state index < -0.39 is 11.9 Å². The number of phenols is 1. The number of anilines is 1. The lowest BCUT2D eigenvalue weighted by Gasteiger charge is -2.29. The zero-order chi connectivity index (χ0) is 22.8. The molecule has 4 amide bonds. The molecule has 1 atom stereocenters. The third kappa shape index (κ3) is 4.27. The predicted molar refractivity (Wildman–Crippen MR) is 114 cm³/mol. The maximum Gasteiger partial charge on any atom is 0.255 e. The Balaban J connectivity index is 1.33. The van der Waals surface area contributed by atoms with Crippen molar-refractivity contribution in [3.8, 4) is 11.5 Å². The number of carbonyl (C=O) groups excluding carboxylic acids is 4. The number of ether oxygens (including phenoxy) is 1. The van der Waals surface area contributed by atoms with Crippen LogP contribution in [0.4, 0.5) is 5.69 Å². The Morgan fingerprint density at radius 3 is 2.84 bits per heavy atom. The molecule has 4 rings (SSSR count). The number of benzene rings is 2. The highest BCUT2D eigenvalue weighted by Crippen LogP contribution is 2.30. The van der Waals surface area contributed by atoms with Crippen molar-refractivity contribution in [3.05, 3.63) is 53.1 Å². The summed E-state index contributed by atoms with van der Waals surface area (Å²) in [7, 11) is 0. The second kappa shape index (κ2) is 8.70. The highest BCUT2D eigenvalue weighted by molar-refractivity contribution is 6.05. The number of aromatic hydroxyl groups is 1. The summed E-state index contributed by atoms with van der Waals surface area (Å²) >= 11 is 0. The first-order valence-corrected chi connectivity index (χ1v) is 10.3. The highest BCUT2D eigenvalue weighted by atomic mass is 16.5. The van der Waals surface area contributed by atoms with Crippen LogP contribution >= 0.6 is 0 Å². The summed E-state index contributed by atoms with van der Waals surface area (Å²) in [6.07, 6.45) is 0.582. The number of rotatable bonds is 6. The van der Waals surface area contributed by atoms with Crippen molar-refractivity contribution in [3.63, 3.8) is 0 Å². The monoisotopic (exact) mass is 437 g/mol. The van der Waals surface area contributed by atoms with Gasteiger partial charge in [-0.25, -0.2) is 0 Å². The van der Waals surface area contributed by atoms with E-state index in [1.165, 1.54) is 4.90 Å². The van der Waals surface area contributed by atoms with Crippen molar-refractivity contribution in [2.24, 2.45) is 0 Å². The lowest BCUT2D eigenvalue weighted by Crippen LogP contribution is -2.52. The minimum absolute atomic E-state index is 0.0330. The Hall–Kier alpha value is -3.88. The maximum atomic E-state index is 12.7. The summed E-state index contributed by atoms with van der Waals surface area (Å²) in [6, 6.07) is 9.45. The molecule has 3 N–H and O–H groups in total. The molecule has 2 aliphatic heterocycles. The van der Waals surface area contributed by atoms with E-state index in [9.17, 15) is 24.3 Å². The Morgan fingerprint density at radius 1 is 1.25 bits per heavy atom. The van der Waals surface area contributed by atoms with E-state index in [0.717, 1.165) is 5.56 Å². The van der Waals surface area contributed by atoms with Gasteiger partial charge in [-0.3, -0.25) is 24.5 Å². The summed E-state index contributed by atoms with van der Waals surface area (Å²) in [5.74, 6) is -0.791. The van der Waals surface area contributed by atoms with Crippen LogP contribution in [-0.2, 0) is 20.9 Å². The van der Waals surface area contributed by atoms with Crippen LogP contribution in [-0.4, -0.2) is 46.3 Å². The Morgan fingerprint density at radius 2 is 2.06 bits per heavy atom. The molecular formula is C23H23N3O6. The van der Waals surface area contributed by atoms with Crippen LogP contribution in [0.3, 0.4) is 0 Å². The zero-order valence-electron chi connectivity index (χ0n) is 17.5. The normalized spacial score (nSPS) is 17.7. The average molecular weight is 437 g/mol. The Bertz CT molecular complexity index is 1110. The third-order valence-corrected chi connectivity index (χ3v) is 5.60. The van der Waals surface area contributed by atoms with Gasteiger partial charge >= 0.3 is 0 Å². The van der Waals surface area contributed by atoms with Crippen molar-refractivity contribution < 1.29 is 29.0 Å². The Labute approximate surface area is 184 Å². The van der Waals surface area contributed by atoms with Gasteiger partial charge in [-0.05, 0) is 48.7 Å². The first-order valence-electron chi connectivity index (χ1n) is 10.3. The summed E-state index contributed by atoms with van der Waals surface area (Å²) in [4.78, 5) is 49.8. The molecule has 9 nitrogen and oxygen atoms in total. The van der Waals surface area contributed by atoms with Crippen molar-refractivity contribution in [2.45, 2.75) is 38.8 Å². The van der Waals surface area contributed by atoms with Crippen molar-refractivity contribution >= 4 is 29.3 Å². The minimum Gasteiger partial charge on any atom is -0.505 e. The average Bonchev–Trinajstić information content (AvgIpc) is 3.07. The van der Waals surface area contributed by atoms with Crippen LogP contribution in [0.25, 0.3) is 0 Å². The largest absolute Gasteiger partial charge is 0.505 e. The molecule has 2 aromatic carbocycles. The number of aryl methyl sites for hydroxylation is 1. The van der Waals surface area contributed by atoms with Crippen LogP contribution in [0.5, 0.6) is 11.5 Å². The summed E-state index contributed by atoms with van der Waals surface area (Å²) in [5, 5.41) is 14.9. The minimum atomic E-state index is -0.668. The van der Waals surface area contributed by atoms with Crippen molar-refractivity contribution in [2.75, 3.05) is 11.9 Å². The predicted octanol–water partition coefficient (Wildman–Crippen LogP) is 1.87. The number of piperidine rings is 1. The quantitative estimate of drug-likeness (QED) is 0.468. The molecule has 0 saturated carbocycles. The summed E-state index contributed by atoms with van der Waals surface area (Å²) < 4.78 is 5.67. The van der Waals surface area contributed by atoms with Crippen LogP contribution < -0.4 is 15.4 Å². The number of phenolic OH excluding ortho intramolecular Hbond substituents is 1. The van der Waals surface area contributed by atoms with Crippen LogP contribution in [0.2, 0.25) is 0 Å². The van der Waals surface area contributed by atoms with Gasteiger partial charge in [0.05, 0.1) is 18.7 Å². The van der Waals surface area contributed by atoms with Crippen LogP contribution in [0, 0.1) is 6.92 Å². The van der Waals surface area contributed by atoms with E-state index in [2.05, 4.69) is 10.6 Å². The van der Waals surface area contributed by atoms with Gasteiger partial charge < -0.3 is 20.1 Å². The van der Waals surface area contributed by atoms with Gasteiger partial charge in [0.25, 0.3) is 5.91 Å².